The van der Waals surface area contributed by atoms with Gasteiger partial charge in [0.15, 0.2) is 0 Å². The molecule has 0 spiro atoms. The summed E-state index contributed by atoms with van der Waals surface area (Å²) in [6.07, 6.45) is 4.60. The molecule has 5 heteroatoms. The average molecular weight is 332 g/mol. The van der Waals surface area contributed by atoms with Gasteiger partial charge in [0, 0.05) is 36.6 Å². The second-order valence-corrected chi connectivity index (χ2v) is 7.35. The molecule has 3 nitrogen and oxygen atoms in total. The van der Waals surface area contributed by atoms with Crippen LogP contribution in [0.25, 0.3) is 6.08 Å². The van der Waals surface area contributed by atoms with E-state index in [0.717, 1.165) is 25.1 Å². The zero-order chi connectivity index (χ0) is 15.4. The van der Waals surface area contributed by atoms with Crippen LogP contribution in [0.3, 0.4) is 0 Å². The predicted molar refractivity (Wildman–Crippen MR) is 94.3 cm³/mol. The monoisotopic (exact) mass is 332 g/mol. The number of amides is 1. The van der Waals surface area contributed by atoms with E-state index in [2.05, 4.69) is 28.6 Å². The van der Waals surface area contributed by atoms with Gasteiger partial charge in [-0.3, -0.25) is 9.69 Å². The highest BCUT2D eigenvalue weighted by Gasteiger charge is 2.21. The summed E-state index contributed by atoms with van der Waals surface area (Å²) in [5.74, 6) is -0.0220. The van der Waals surface area contributed by atoms with Crippen molar-refractivity contribution in [2.45, 2.75) is 25.9 Å². The number of thiophene rings is 2. The average Bonchev–Trinajstić information content (AvgIpc) is 3.20. The summed E-state index contributed by atoms with van der Waals surface area (Å²) >= 11 is 3.49. The second kappa shape index (κ2) is 7.22. The van der Waals surface area contributed by atoms with Crippen LogP contribution in [-0.4, -0.2) is 29.9 Å². The third-order valence-corrected chi connectivity index (χ3v) is 5.73. The maximum Gasteiger partial charge on any atom is 0.244 e. The predicted octanol–water partition coefficient (Wildman–Crippen LogP) is 3.39. The van der Waals surface area contributed by atoms with Gasteiger partial charge < -0.3 is 5.32 Å². The Kier molecular flexibility index (Phi) is 5.08. The van der Waals surface area contributed by atoms with E-state index in [1.165, 1.54) is 10.4 Å². The summed E-state index contributed by atoms with van der Waals surface area (Å²) < 4.78 is 0. The molecular weight excluding hydrogens is 312 g/mol. The lowest BCUT2D eigenvalue weighted by Crippen LogP contribution is -2.43. The van der Waals surface area contributed by atoms with Gasteiger partial charge in [0.1, 0.15) is 0 Å². The number of rotatable bonds is 5. The maximum atomic E-state index is 11.9. The number of hydrogen-bond donors (Lipinski definition) is 1. The molecule has 1 aliphatic rings. The minimum absolute atomic E-state index is 0.0220. The third-order valence-electron chi connectivity index (χ3n) is 4.00. The van der Waals surface area contributed by atoms with Crippen molar-refractivity contribution in [2.75, 3.05) is 13.1 Å². The third kappa shape index (κ3) is 3.85. The number of carbonyl (C=O) groups is 1. The van der Waals surface area contributed by atoms with Crippen molar-refractivity contribution in [3.05, 3.63) is 50.4 Å². The Bertz CT molecular complexity index is 645. The topological polar surface area (TPSA) is 32.3 Å². The minimum Gasteiger partial charge on any atom is -0.351 e. The molecule has 0 bridgehead atoms. The fraction of sp³-hybridized carbons (Fsp3) is 0.353. The van der Waals surface area contributed by atoms with Crippen molar-refractivity contribution in [3.8, 4) is 0 Å². The first-order valence-corrected chi connectivity index (χ1v) is 9.32. The first kappa shape index (κ1) is 15.5. The van der Waals surface area contributed by atoms with Crippen LogP contribution in [0, 0.1) is 0 Å². The van der Waals surface area contributed by atoms with Crippen molar-refractivity contribution in [1.29, 1.82) is 0 Å². The lowest BCUT2D eigenvalue weighted by atomic mass is 10.1. The van der Waals surface area contributed by atoms with E-state index in [1.807, 2.05) is 34.2 Å². The molecule has 1 atom stereocenters. The van der Waals surface area contributed by atoms with Crippen molar-refractivity contribution in [3.63, 3.8) is 0 Å². The summed E-state index contributed by atoms with van der Waals surface area (Å²) in [7, 11) is 0. The van der Waals surface area contributed by atoms with Gasteiger partial charge in [-0.05, 0) is 58.8 Å². The van der Waals surface area contributed by atoms with Crippen molar-refractivity contribution in [2.24, 2.45) is 0 Å². The Morgan fingerprint density at radius 1 is 1.45 bits per heavy atom. The molecule has 0 saturated carbocycles. The van der Waals surface area contributed by atoms with Gasteiger partial charge in [-0.15, -0.1) is 11.3 Å². The molecule has 1 aliphatic heterocycles. The molecule has 1 amide bonds. The van der Waals surface area contributed by atoms with Crippen LogP contribution in [0.2, 0.25) is 0 Å². The summed E-state index contributed by atoms with van der Waals surface area (Å²) in [4.78, 5) is 15.8. The number of hydrogen-bond acceptors (Lipinski definition) is 4. The van der Waals surface area contributed by atoms with Crippen molar-refractivity contribution < 1.29 is 4.79 Å². The zero-order valence-electron chi connectivity index (χ0n) is 12.6. The minimum atomic E-state index is -0.0220. The van der Waals surface area contributed by atoms with Crippen LogP contribution in [0.1, 0.15) is 22.9 Å². The van der Waals surface area contributed by atoms with Gasteiger partial charge in [0.05, 0.1) is 0 Å². The first-order valence-electron chi connectivity index (χ1n) is 7.50. The zero-order valence-corrected chi connectivity index (χ0v) is 14.3. The molecule has 1 N–H and O–H groups in total. The number of nitrogens with zero attached hydrogens (tertiary/aromatic N) is 1. The van der Waals surface area contributed by atoms with Gasteiger partial charge in [-0.1, -0.05) is 0 Å². The Hall–Kier alpha value is -1.43. The summed E-state index contributed by atoms with van der Waals surface area (Å²) in [5.41, 5.74) is 2.53. The SMILES string of the molecule is CC(CNC(=O)C=Cc1ccsc1)N1CCc2sccc2C1. The molecule has 116 valence electrons. The van der Waals surface area contributed by atoms with Gasteiger partial charge in [-0.2, -0.15) is 11.3 Å². The molecule has 0 fully saturated rings. The quantitative estimate of drug-likeness (QED) is 0.851. The summed E-state index contributed by atoms with van der Waals surface area (Å²) in [5, 5.41) is 9.21. The van der Waals surface area contributed by atoms with E-state index >= 15 is 0 Å². The van der Waals surface area contributed by atoms with Crippen LogP contribution in [-0.2, 0) is 17.8 Å². The molecule has 0 aromatic carbocycles. The molecule has 0 aliphatic carbocycles. The highest BCUT2D eigenvalue weighted by Crippen LogP contribution is 2.24. The van der Waals surface area contributed by atoms with Gasteiger partial charge in [0.2, 0.25) is 5.91 Å². The number of carbonyl (C=O) groups excluding carboxylic acids is 1. The summed E-state index contributed by atoms with van der Waals surface area (Å²) in [6.45, 7) is 4.95. The normalized spacial score (nSPS) is 16.6. The van der Waals surface area contributed by atoms with Gasteiger partial charge >= 0.3 is 0 Å². The van der Waals surface area contributed by atoms with Gasteiger partial charge in [-0.25, -0.2) is 0 Å². The number of nitrogens with one attached hydrogen (secondary N) is 1. The molecule has 2 aromatic heterocycles. The second-order valence-electron chi connectivity index (χ2n) is 5.57. The molecule has 3 rings (SSSR count). The highest BCUT2D eigenvalue weighted by atomic mass is 32.1. The lowest BCUT2D eigenvalue weighted by Gasteiger charge is -2.32. The molecule has 3 heterocycles. The van der Waals surface area contributed by atoms with Crippen molar-refractivity contribution in [1.82, 2.24) is 10.2 Å². The van der Waals surface area contributed by atoms with Crippen molar-refractivity contribution >= 4 is 34.7 Å². The van der Waals surface area contributed by atoms with E-state index < -0.39 is 0 Å². The molecule has 0 saturated heterocycles. The standard InChI is InChI=1S/C17H20N2OS2/c1-13(19-7-4-16-15(11-19)6-9-22-16)10-18-17(20)3-2-14-5-8-21-12-14/h2-3,5-6,8-9,12-13H,4,7,10-11H2,1H3,(H,18,20). The first-order chi connectivity index (χ1) is 10.7. The largest absolute Gasteiger partial charge is 0.351 e. The van der Waals surface area contributed by atoms with Gasteiger partial charge in [0.25, 0.3) is 0 Å². The van der Waals surface area contributed by atoms with Crippen LogP contribution in [0.5, 0.6) is 0 Å². The molecule has 2 aromatic rings. The van der Waals surface area contributed by atoms with E-state index in [0.29, 0.717) is 12.6 Å². The summed E-state index contributed by atoms with van der Waals surface area (Å²) in [6, 6.07) is 4.58. The maximum absolute atomic E-state index is 11.9. The lowest BCUT2D eigenvalue weighted by molar-refractivity contribution is -0.116. The van der Waals surface area contributed by atoms with Crippen LogP contribution in [0.15, 0.2) is 34.3 Å². The molecular formula is C17H20N2OS2. The Labute approximate surface area is 139 Å². The molecule has 0 radical (unpaired) electrons. The highest BCUT2D eigenvalue weighted by molar-refractivity contribution is 7.10. The van der Waals surface area contributed by atoms with Crippen LogP contribution >= 0.6 is 22.7 Å². The fourth-order valence-corrected chi connectivity index (χ4v) is 4.14. The fourth-order valence-electron chi connectivity index (χ4n) is 2.62. The molecule has 1 unspecified atom stereocenters. The molecule has 22 heavy (non-hydrogen) atoms. The van der Waals surface area contributed by atoms with E-state index in [4.69, 9.17) is 0 Å². The Balaban J connectivity index is 1.46. The van der Waals surface area contributed by atoms with E-state index in [1.54, 1.807) is 17.4 Å². The number of fused-ring (bicyclic) bond motifs is 1. The smallest absolute Gasteiger partial charge is 0.244 e. The van der Waals surface area contributed by atoms with Crippen LogP contribution in [0.4, 0.5) is 0 Å². The Morgan fingerprint density at radius 3 is 3.18 bits per heavy atom. The Morgan fingerprint density at radius 2 is 2.36 bits per heavy atom. The van der Waals surface area contributed by atoms with Crippen LogP contribution < -0.4 is 5.32 Å². The van der Waals surface area contributed by atoms with E-state index in [-0.39, 0.29) is 5.91 Å². The van der Waals surface area contributed by atoms with E-state index in [9.17, 15) is 4.79 Å².